The molecule has 0 saturated carbocycles. The summed E-state index contributed by atoms with van der Waals surface area (Å²) in [6.07, 6.45) is 2.99. The van der Waals surface area contributed by atoms with Gasteiger partial charge >= 0.3 is 0 Å². The Hall–Kier alpha value is -1.48. The molecule has 0 radical (unpaired) electrons. The summed E-state index contributed by atoms with van der Waals surface area (Å²) in [5, 5.41) is 10.6. The number of aromatic hydroxyl groups is 1. The maximum Gasteiger partial charge on any atom is 0.116 e. The number of fused-ring (bicyclic) bond motifs is 1. The molecule has 0 atom stereocenters. The van der Waals surface area contributed by atoms with E-state index in [0.717, 1.165) is 17.3 Å². The van der Waals surface area contributed by atoms with E-state index in [1.165, 1.54) is 5.56 Å². The SMILES string of the molecule is CC(C)n1cc(CCN)c2cc(O)ccc21. The number of benzene rings is 1. The molecule has 0 aliphatic carbocycles. The Morgan fingerprint density at radius 2 is 2.12 bits per heavy atom. The molecule has 0 aliphatic rings. The molecule has 3 N–H and O–H groups in total. The predicted octanol–water partition coefficient (Wildman–Crippen LogP) is 2.43. The number of phenols is 1. The van der Waals surface area contributed by atoms with Gasteiger partial charge < -0.3 is 15.4 Å². The zero-order chi connectivity index (χ0) is 11.7. The number of hydrogen-bond acceptors (Lipinski definition) is 2. The van der Waals surface area contributed by atoms with Crippen molar-refractivity contribution in [1.29, 1.82) is 0 Å². The fourth-order valence-corrected chi connectivity index (χ4v) is 2.10. The summed E-state index contributed by atoms with van der Waals surface area (Å²) < 4.78 is 2.22. The first-order chi connectivity index (χ1) is 7.63. The molecule has 1 aromatic carbocycles. The maximum atomic E-state index is 9.53. The van der Waals surface area contributed by atoms with E-state index in [0.29, 0.717) is 18.3 Å². The van der Waals surface area contributed by atoms with E-state index in [2.05, 4.69) is 24.6 Å². The summed E-state index contributed by atoms with van der Waals surface area (Å²) in [6.45, 7) is 4.93. The molecule has 0 fully saturated rings. The number of nitrogens with two attached hydrogens (primary N) is 1. The molecule has 0 spiro atoms. The van der Waals surface area contributed by atoms with Gasteiger partial charge in [-0.3, -0.25) is 0 Å². The minimum Gasteiger partial charge on any atom is -0.508 e. The molecular weight excluding hydrogens is 200 g/mol. The smallest absolute Gasteiger partial charge is 0.116 e. The first-order valence-corrected chi connectivity index (χ1v) is 5.66. The van der Waals surface area contributed by atoms with Crippen LogP contribution in [0, 0.1) is 0 Å². The van der Waals surface area contributed by atoms with Crippen LogP contribution in [-0.2, 0) is 6.42 Å². The molecule has 2 rings (SSSR count). The average molecular weight is 218 g/mol. The molecule has 0 saturated heterocycles. The normalized spacial score (nSPS) is 11.5. The highest BCUT2D eigenvalue weighted by Crippen LogP contribution is 2.28. The highest BCUT2D eigenvalue weighted by atomic mass is 16.3. The summed E-state index contributed by atoms with van der Waals surface area (Å²) >= 11 is 0. The van der Waals surface area contributed by atoms with Gasteiger partial charge in [-0.25, -0.2) is 0 Å². The van der Waals surface area contributed by atoms with Gasteiger partial charge in [-0.1, -0.05) is 0 Å². The molecule has 3 nitrogen and oxygen atoms in total. The zero-order valence-electron chi connectivity index (χ0n) is 9.77. The van der Waals surface area contributed by atoms with Gasteiger partial charge in [0.1, 0.15) is 5.75 Å². The molecule has 86 valence electrons. The highest BCUT2D eigenvalue weighted by Gasteiger charge is 2.10. The van der Waals surface area contributed by atoms with Gasteiger partial charge in [-0.15, -0.1) is 0 Å². The summed E-state index contributed by atoms with van der Waals surface area (Å²) in [7, 11) is 0. The van der Waals surface area contributed by atoms with E-state index in [4.69, 9.17) is 5.73 Å². The second kappa shape index (κ2) is 4.18. The number of hydrogen-bond donors (Lipinski definition) is 2. The van der Waals surface area contributed by atoms with Crippen LogP contribution in [0.5, 0.6) is 5.75 Å². The maximum absolute atomic E-state index is 9.53. The van der Waals surface area contributed by atoms with Crippen LogP contribution >= 0.6 is 0 Å². The Labute approximate surface area is 95.5 Å². The van der Waals surface area contributed by atoms with E-state index < -0.39 is 0 Å². The van der Waals surface area contributed by atoms with Crippen LogP contribution in [0.4, 0.5) is 0 Å². The van der Waals surface area contributed by atoms with Crippen molar-refractivity contribution in [2.45, 2.75) is 26.3 Å². The lowest BCUT2D eigenvalue weighted by Crippen LogP contribution is -2.02. The second-order valence-electron chi connectivity index (χ2n) is 4.40. The molecule has 0 aliphatic heterocycles. The van der Waals surface area contributed by atoms with E-state index >= 15 is 0 Å². The number of rotatable bonds is 3. The van der Waals surface area contributed by atoms with Crippen LogP contribution in [0.2, 0.25) is 0 Å². The van der Waals surface area contributed by atoms with Crippen LogP contribution < -0.4 is 5.73 Å². The third-order valence-electron chi connectivity index (χ3n) is 2.87. The van der Waals surface area contributed by atoms with Crippen molar-refractivity contribution in [2.24, 2.45) is 5.73 Å². The number of nitrogens with zero attached hydrogens (tertiary/aromatic N) is 1. The van der Waals surface area contributed by atoms with Gasteiger partial charge in [-0.05, 0) is 50.6 Å². The second-order valence-corrected chi connectivity index (χ2v) is 4.40. The van der Waals surface area contributed by atoms with Gasteiger partial charge in [0.25, 0.3) is 0 Å². The van der Waals surface area contributed by atoms with Crippen molar-refractivity contribution in [2.75, 3.05) is 6.54 Å². The van der Waals surface area contributed by atoms with Crippen LogP contribution in [-0.4, -0.2) is 16.2 Å². The molecule has 1 heterocycles. The summed E-state index contributed by atoms with van der Waals surface area (Å²) in [5.41, 5.74) is 7.98. The van der Waals surface area contributed by atoms with Crippen LogP contribution in [0.15, 0.2) is 24.4 Å². The Morgan fingerprint density at radius 3 is 2.75 bits per heavy atom. The van der Waals surface area contributed by atoms with Gasteiger partial charge in [0.05, 0.1) is 0 Å². The van der Waals surface area contributed by atoms with Crippen molar-refractivity contribution < 1.29 is 5.11 Å². The predicted molar refractivity (Wildman–Crippen MR) is 66.7 cm³/mol. The molecule has 3 heteroatoms. The van der Waals surface area contributed by atoms with Crippen LogP contribution in [0.1, 0.15) is 25.5 Å². The first-order valence-electron chi connectivity index (χ1n) is 5.66. The highest BCUT2D eigenvalue weighted by molar-refractivity contribution is 5.85. The van der Waals surface area contributed by atoms with E-state index in [9.17, 15) is 5.11 Å². The Morgan fingerprint density at radius 1 is 1.38 bits per heavy atom. The molecular formula is C13H18N2O. The third kappa shape index (κ3) is 1.78. The van der Waals surface area contributed by atoms with Crippen molar-refractivity contribution in [3.8, 4) is 5.75 Å². The summed E-state index contributed by atoms with van der Waals surface area (Å²) in [5.74, 6) is 0.312. The van der Waals surface area contributed by atoms with Crippen molar-refractivity contribution in [3.05, 3.63) is 30.0 Å². The topological polar surface area (TPSA) is 51.2 Å². The van der Waals surface area contributed by atoms with Gasteiger partial charge in [0.15, 0.2) is 0 Å². The lowest BCUT2D eigenvalue weighted by Gasteiger charge is -2.08. The van der Waals surface area contributed by atoms with Crippen molar-refractivity contribution in [3.63, 3.8) is 0 Å². The summed E-state index contributed by atoms with van der Waals surface area (Å²) in [4.78, 5) is 0. The standard InChI is InChI=1S/C13H18N2O/c1-9(2)15-8-10(5-6-14)12-7-11(16)3-4-13(12)15/h3-4,7-9,16H,5-6,14H2,1-2H3. The molecule has 1 aromatic heterocycles. The molecule has 16 heavy (non-hydrogen) atoms. The molecule has 0 amide bonds. The zero-order valence-corrected chi connectivity index (χ0v) is 9.77. The monoisotopic (exact) mass is 218 g/mol. The quantitative estimate of drug-likeness (QED) is 0.831. The largest absolute Gasteiger partial charge is 0.508 e. The van der Waals surface area contributed by atoms with E-state index in [1.807, 2.05) is 12.1 Å². The van der Waals surface area contributed by atoms with E-state index in [1.54, 1.807) is 6.07 Å². The van der Waals surface area contributed by atoms with Crippen molar-refractivity contribution in [1.82, 2.24) is 4.57 Å². The average Bonchev–Trinajstić information content (AvgIpc) is 2.58. The molecule has 0 bridgehead atoms. The lowest BCUT2D eigenvalue weighted by atomic mass is 10.1. The van der Waals surface area contributed by atoms with E-state index in [-0.39, 0.29) is 0 Å². The molecule has 2 aromatic rings. The third-order valence-corrected chi connectivity index (χ3v) is 2.87. The Bertz CT molecular complexity index is 500. The summed E-state index contributed by atoms with van der Waals surface area (Å²) in [6, 6.07) is 5.93. The van der Waals surface area contributed by atoms with Gasteiger partial charge in [0, 0.05) is 23.1 Å². The van der Waals surface area contributed by atoms with Crippen molar-refractivity contribution >= 4 is 10.9 Å². The van der Waals surface area contributed by atoms with Gasteiger partial charge in [0.2, 0.25) is 0 Å². The Balaban J connectivity index is 2.66. The number of aromatic nitrogens is 1. The van der Waals surface area contributed by atoms with Crippen LogP contribution in [0.25, 0.3) is 10.9 Å². The number of phenolic OH excluding ortho intramolecular Hbond substituents is 1. The minimum absolute atomic E-state index is 0.312. The molecule has 0 unspecified atom stereocenters. The minimum atomic E-state index is 0.312. The van der Waals surface area contributed by atoms with Gasteiger partial charge in [-0.2, -0.15) is 0 Å². The van der Waals surface area contributed by atoms with Crippen LogP contribution in [0.3, 0.4) is 0 Å². The fraction of sp³-hybridized carbons (Fsp3) is 0.385. The first kappa shape index (κ1) is 11.0. The Kier molecular flexibility index (Phi) is 2.88. The lowest BCUT2D eigenvalue weighted by molar-refractivity contribution is 0.476. The fourth-order valence-electron chi connectivity index (χ4n) is 2.10.